The number of aliphatic carboxylic acids is 1. The third-order valence-electron chi connectivity index (χ3n) is 5.55. The van der Waals surface area contributed by atoms with Crippen LogP contribution < -0.4 is 0 Å². The summed E-state index contributed by atoms with van der Waals surface area (Å²) < 4.78 is 0.812. The van der Waals surface area contributed by atoms with E-state index < -0.39 is 5.97 Å². The minimum Gasteiger partial charge on any atom is -0.477 e. The van der Waals surface area contributed by atoms with Crippen molar-refractivity contribution in [3.63, 3.8) is 0 Å². The molecule has 3 nitrogen and oxygen atoms in total. The SMILES string of the molecule is CCCCCC[N+](CCCCCC)(CCCCCC)C(C)C(=O)O. The summed E-state index contributed by atoms with van der Waals surface area (Å²) in [6.07, 6.45) is 14.8. The first kappa shape index (κ1) is 23.4. The molecule has 3 heteroatoms. The molecule has 0 saturated heterocycles. The molecule has 0 fully saturated rings. The summed E-state index contributed by atoms with van der Waals surface area (Å²) in [4.78, 5) is 11.8. The van der Waals surface area contributed by atoms with Crippen molar-refractivity contribution in [2.45, 2.75) is 111 Å². The number of carboxylic acid groups (broad SMARTS) is 1. The number of quaternary nitrogens is 1. The summed E-state index contributed by atoms with van der Waals surface area (Å²) in [7, 11) is 0. The maximum Gasteiger partial charge on any atom is 0.362 e. The molecule has 0 radical (unpaired) electrons. The van der Waals surface area contributed by atoms with Gasteiger partial charge >= 0.3 is 5.97 Å². The summed E-state index contributed by atoms with van der Waals surface area (Å²) in [6.45, 7) is 11.8. The molecule has 0 aromatic carbocycles. The van der Waals surface area contributed by atoms with Crippen molar-refractivity contribution in [2.75, 3.05) is 19.6 Å². The smallest absolute Gasteiger partial charge is 0.362 e. The van der Waals surface area contributed by atoms with Gasteiger partial charge in [0, 0.05) is 0 Å². The lowest BCUT2D eigenvalue weighted by Gasteiger charge is -2.42. The van der Waals surface area contributed by atoms with Crippen molar-refractivity contribution >= 4 is 5.97 Å². The van der Waals surface area contributed by atoms with Crippen LogP contribution in [-0.2, 0) is 4.79 Å². The molecule has 0 aliphatic rings. The molecule has 1 N–H and O–H groups in total. The maximum absolute atomic E-state index is 11.8. The molecule has 0 aromatic heterocycles. The van der Waals surface area contributed by atoms with E-state index in [0.29, 0.717) is 0 Å². The van der Waals surface area contributed by atoms with Crippen LogP contribution >= 0.6 is 0 Å². The van der Waals surface area contributed by atoms with Gasteiger partial charge in [-0.25, -0.2) is 4.79 Å². The van der Waals surface area contributed by atoms with E-state index in [-0.39, 0.29) is 6.04 Å². The second kappa shape index (κ2) is 14.7. The average molecular weight is 343 g/mol. The second-order valence-electron chi connectivity index (χ2n) is 7.59. The molecule has 0 bridgehead atoms. The second-order valence-corrected chi connectivity index (χ2v) is 7.59. The topological polar surface area (TPSA) is 37.3 Å². The highest BCUT2D eigenvalue weighted by atomic mass is 16.4. The molecule has 0 spiro atoms. The fourth-order valence-electron chi connectivity index (χ4n) is 3.71. The highest BCUT2D eigenvalue weighted by Gasteiger charge is 2.37. The molecule has 144 valence electrons. The monoisotopic (exact) mass is 342 g/mol. The number of hydrogen-bond donors (Lipinski definition) is 1. The van der Waals surface area contributed by atoms with Gasteiger partial charge in [0.05, 0.1) is 19.6 Å². The van der Waals surface area contributed by atoms with Crippen LogP contribution in [0.4, 0.5) is 0 Å². The van der Waals surface area contributed by atoms with Gasteiger partial charge < -0.3 is 9.59 Å². The zero-order valence-corrected chi connectivity index (χ0v) is 17.0. The van der Waals surface area contributed by atoms with Gasteiger partial charge in [-0.05, 0) is 45.4 Å². The molecule has 1 unspecified atom stereocenters. The number of unbranched alkanes of at least 4 members (excludes halogenated alkanes) is 9. The van der Waals surface area contributed by atoms with Crippen LogP contribution in [0.25, 0.3) is 0 Å². The summed E-state index contributed by atoms with van der Waals surface area (Å²) in [5, 5.41) is 9.71. The first-order valence-electron chi connectivity index (χ1n) is 10.6. The van der Waals surface area contributed by atoms with E-state index in [2.05, 4.69) is 20.8 Å². The normalized spacial score (nSPS) is 13.2. The molecular formula is C21H44NO2+. The lowest BCUT2D eigenvalue weighted by Crippen LogP contribution is -2.59. The first-order chi connectivity index (χ1) is 11.5. The van der Waals surface area contributed by atoms with Gasteiger partial charge in [0.15, 0.2) is 6.04 Å². The zero-order chi connectivity index (χ0) is 18.3. The molecule has 0 aromatic rings. The van der Waals surface area contributed by atoms with Crippen molar-refractivity contribution in [1.82, 2.24) is 0 Å². The highest BCUT2D eigenvalue weighted by molar-refractivity contribution is 5.71. The Hall–Kier alpha value is -0.570. The molecule has 0 amide bonds. The first-order valence-corrected chi connectivity index (χ1v) is 10.6. The van der Waals surface area contributed by atoms with Crippen LogP contribution in [0.5, 0.6) is 0 Å². The predicted molar refractivity (Wildman–Crippen MR) is 104 cm³/mol. The van der Waals surface area contributed by atoms with E-state index in [1.807, 2.05) is 6.92 Å². The van der Waals surface area contributed by atoms with Crippen molar-refractivity contribution in [3.05, 3.63) is 0 Å². The van der Waals surface area contributed by atoms with E-state index in [0.717, 1.165) is 24.1 Å². The van der Waals surface area contributed by atoms with E-state index in [1.54, 1.807) is 0 Å². The minimum absolute atomic E-state index is 0.269. The summed E-state index contributed by atoms with van der Waals surface area (Å²) in [5.41, 5.74) is 0. The zero-order valence-electron chi connectivity index (χ0n) is 17.0. The lowest BCUT2D eigenvalue weighted by atomic mass is 10.0. The Bertz CT molecular complexity index is 273. The van der Waals surface area contributed by atoms with Crippen LogP contribution in [0.1, 0.15) is 105 Å². The third kappa shape index (κ3) is 9.66. The predicted octanol–water partition coefficient (Wildman–Crippen LogP) is 6.02. The van der Waals surface area contributed by atoms with E-state index in [9.17, 15) is 9.90 Å². The molecule has 0 heterocycles. The molecule has 0 aliphatic heterocycles. The number of carboxylic acids is 1. The van der Waals surface area contributed by atoms with Gasteiger partial charge in [0.25, 0.3) is 0 Å². The molecule has 1 atom stereocenters. The number of nitrogens with zero attached hydrogens (tertiary/aromatic N) is 1. The Morgan fingerprint density at radius 1 is 0.708 bits per heavy atom. The summed E-state index contributed by atoms with van der Waals surface area (Å²) >= 11 is 0. The van der Waals surface area contributed by atoms with Gasteiger partial charge in [0.2, 0.25) is 0 Å². The maximum atomic E-state index is 11.8. The average Bonchev–Trinajstić information content (AvgIpc) is 2.58. The summed E-state index contributed by atoms with van der Waals surface area (Å²) in [5.74, 6) is -0.614. The number of carbonyl (C=O) groups is 1. The largest absolute Gasteiger partial charge is 0.477 e. The number of hydrogen-bond acceptors (Lipinski definition) is 1. The van der Waals surface area contributed by atoms with Crippen LogP contribution in [0, 0.1) is 0 Å². The van der Waals surface area contributed by atoms with Crippen molar-refractivity contribution in [3.8, 4) is 0 Å². The van der Waals surface area contributed by atoms with Crippen molar-refractivity contribution in [2.24, 2.45) is 0 Å². The quantitative estimate of drug-likeness (QED) is 0.259. The Balaban J connectivity index is 4.89. The van der Waals surface area contributed by atoms with Crippen LogP contribution in [0.15, 0.2) is 0 Å². The standard InChI is InChI=1S/C21H43NO2/c1-5-8-11-14-17-22(20(4)21(23)24,18-15-12-9-6-2)19-16-13-10-7-3/h20H,5-19H2,1-4H3/p+1. The van der Waals surface area contributed by atoms with Crippen molar-refractivity contribution in [1.29, 1.82) is 0 Å². The molecule has 0 aliphatic carbocycles. The van der Waals surface area contributed by atoms with Crippen LogP contribution in [-0.4, -0.2) is 41.2 Å². The fraction of sp³-hybridized carbons (Fsp3) is 0.952. The summed E-state index contributed by atoms with van der Waals surface area (Å²) in [6, 6.07) is -0.269. The molecule has 0 rings (SSSR count). The van der Waals surface area contributed by atoms with Crippen LogP contribution in [0.3, 0.4) is 0 Å². The van der Waals surface area contributed by atoms with Gasteiger partial charge in [-0.15, -0.1) is 0 Å². The number of rotatable bonds is 17. The molecule has 24 heavy (non-hydrogen) atoms. The molecule has 0 saturated carbocycles. The lowest BCUT2D eigenvalue weighted by molar-refractivity contribution is -0.942. The highest BCUT2D eigenvalue weighted by Crippen LogP contribution is 2.22. The van der Waals surface area contributed by atoms with Crippen LogP contribution in [0.2, 0.25) is 0 Å². The van der Waals surface area contributed by atoms with Gasteiger partial charge in [-0.3, -0.25) is 0 Å². The van der Waals surface area contributed by atoms with Gasteiger partial charge in [-0.1, -0.05) is 59.3 Å². The van der Waals surface area contributed by atoms with E-state index >= 15 is 0 Å². The Morgan fingerprint density at radius 3 is 1.29 bits per heavy atom. The van der Waals surface area contributed by atoms with E-state index in [1.165, 1.54) is 77.0 Å². The fourth-order valence-corrected chi connectivity index (χ4v) is 3.71. The minimum atomic E-state index is -0.614. The Labute approximate surface area is 151 Å². The molecular weight excluding hydrogens is 298 g/mol. The van der Waals surface area contributed by atoms with Gasteiger partial charge in [-0.2, -0.15) is 0 Å². The van der Waals surface area contributed by atoms with Gasteiger partial charge in [0.1, 0.15) is 0 Å². The Kier molecular flexibility index (Phi) is 14.4. The third-order valence-corrected chi connectivity index (χ3v) is 5.55. The van der Waals surface area contributed by atoms with Crippen molar-refractivity contribution < 1.29 is 14.4 Å². The Morgan fingerprint density at radius 2 is 1.04 bits per heavy atom. The van der Waals surface area contributed by atoms with E-state index in [4.69, 9.17) is 0 Å².